The summed E-state index contributed by atoms with van der Waals surface area (Å²) in [6, 6.07) is 16.7. The van der Waals surface area contributed by atoms with Gasteiger partial charge in [-0.1, -0.05) is 43.5 Å². The first-order valence-corrected chi connectivity index (χ1v) is 14.4. The molecule has 0 saturated heterocycles. The summed E-state index contributed by atoms with van der Waals surface area (Å²) in [6.07, 6.45) is 4.87. The second kappa shape index (κ2) is 9.65. The van der Waals surface area contributed by atoms with E-state index in [-0.39, 0.29) is 17.0 Å². The average molecular weight is 532 g/mol. The van der Waals surface area contributed by atoms with E-state index in [1.165, 1.54) is 18.6 Å². The van der Waals surface area contributed by atoms with E-state index in [1.807, 2.05) is 22.8 Å². The van der Waals surface area contributed by atoms with Crippen LogP contribution in [0.2, 0.25) is 0 Å². The van der Waals surface area contributed by atoms with Crippen LogP contribution in [0.25, 0.3) is 22.2 Å². The fraction of sp³-hybridized carbons (Fsp3) is 0.310. The number of sulfonamides is 1. The van der Waals surface area contributed by atoms with Gasteiger partial charge in [0.15, 0.2) is 0 Å². The van der Waals surface area contributed by atoms with Gasteiger partial charge in [-0.15, -0.1) is 0 Å². The largest absolute Gasteiger partial charge is 0.388 e. The molecule has 1 aliphatic heterocycles. The Balaban J connectivity index is 1.51. The Bertz CT molecular complexity index is 1620. The molecule has 2 aromatic carbocycles. The lowest BCUT2D eigenvalue weighted by atomic mass is 9.81. The Kier molecular flexibility index (Phi) is 6.29. The number of nitrogens with one attached hydrogen (secondary N) is 1. The van der Waals surface area contributed by atoms with Gasteiger partial charge in [0, 0.05) is 28.2 Å². The second-order valence-electron chi connectivity index (χ2n) is 10.1. The number of benzene rings is 2. The number of amides is 1. The van der Waals surface area contributed by atoms with Gasteiger partial charge in [0.25, 0.3) is 15.9 Å². The predicted octanol–water partition coefficient (Wildman–Crippen LogP) is 4.28. The molecule has 1 amide bonds. The number of fused-ring (bicyclic) bond motifs is 5. The van der Waals surface area contributed by atoms with Crippen molar-refractivity contribution in [3.8, 4) is 11.3 Å². The van der Waals surface area contributed by atoms with Crippen LogP contribution >= 0.6 is 0 Å². The lowest BCUT2D eigenvalue weighted by molar-refractivity contribution is 0.00883. The van der Waals surface area contributed by atoms with E-state index in [2.05, 4.69) is 9.71 Å². The van der Waals surface area contributed by atoms with Gasteiger partial charge >= 0.3 is 0 Å². The number of carbonyl (C=O) groups is 1. The third kappa shape index (κ3) is 4.20. The number of hydrogen-bond acceptors (Lipinski definition) is 6. The molecule has 2 aromatic heterocycles. The van der Waals surface area contributed by atoms with Crippen LogP contribution in [-0.2, 0) is 16.6 Å². The molecule has 2 aliphatic rings. The zero-order valence-corrected chi connectivity index (χ0v) is 21.6. The van der Waals surface area contributed by atoms with Gasteiger partial charge in [0.05, 0.1) is 22.8 Å². The Hall–Kier alpha value is -3.53. The molecule has 1 fully saturated rings. The third-order valence-electron chi connectivity index (χ3n) is 7.77. The van der Waals surface area contributed by atoms with Crippen LogP contribution in [-0.4, -0.2) is 40.2 Å². The molecular formula is C29H29N3O5S. The fourth-order valence-corrected chi connectivity index (χ4v) is 6.96. The second-order valence-corrected chi connectivity index (χ2v) is 11.8. The van der Waals surface area contributed by atoms with E-state index in [4.69, 9.17) is 0 Å². The lowest BCUT2D eigenvalue weighted by Gasteiger charge is -2.23. The molecule has 9 heteroatoms. The van der Waals surface area contributed by atoms with Gasteiger partial charge in [-0.25, -0.2) is 13.1 Å². The maximum atomic E-state index is 13.1. The fourth-order valence-electron chi connectivity index (χ4n) is 5.96. The van der Waals surface area contributed by atoms with Crippen molar-refractivity contribution >= 4 is 26.8 Å². The Morgan fingerprint density at radius 1 is 0.974 bits per heavy atom. The number of hydrogen-bond donors (Lipinski definition) is 3. The van der Waals surface area contributed by atoms with Crippen molar-refractivity contribution in [1.29, 1.82) is 0 Å². The highest BCUT2D eigenvalue weighted by atomic mass is 32.2. The van der Waals surface area contributed by atoms with Crippen molar-refractivity contribution in [3.63, 3.8) is 0 Å². The topological polar surface area (TPSA) is 122 Å². The van der Waals surface area contributed by atoms with Gasteiger partial charge in [0.1, 0.15) is 12.2 Å². The molecule has 1 aliphatic carbocycles. The molecular weight excluding hydrogens is 502 g/mol. The lowest BCUT2D eigenvalue weighted by Crippen LogP contribution is -2.30. The molecule has 8 nitrogen and oxygen atoms in total. The van der Waals surface area contributed by atoms with Crippen LogP contribution in [0, 0.1) is 0 Å². The summed E-state index contributed by atoms with van der Waals surface area (Å²) in [5.74, 6) is -0.442. The average Bonchev–Trinajstić information content (AvgIpc) is 3.20. The number of aliphatic hydroxyl groups is 2. The molecule has 3 heterocycles. The van der Waals surface area contributed by atoms with Crippen molar-refractivity contribution < 1.29 is 23.4 Å². The summed E-state index contributed by atoms with van der Waals surface area (Å²) in [6.45, 7) is 0.115. The minimum Gasteiger partial charge on any atom is -0.388 e. The number of aromatic nitrogens is 2. The van der Waals surface area contributed by atoms with Crippen molar-refractivity contribution in [2.45, 2.75) is 61.7 Å². The van der Waals surface area contributed by atoms with Crippen molar-refractivity contribution in [3.05, 3.63) is 83.7 Å². The molecule has 0 spiro atoms. The number of aliphatic hydroxyl groups excluding tert-OH is 2. The Morgan fingerprint density at radius 2 is 1.74 bits per heavy atom. The summed E-state index contributed by atoms with van der Waals surface area (Å²) in [4.78, 5) is 17.6. The first-order chi connectivity index (χ1) is 18.3. The van der Waals surface area contributed by atoms with Gasteiger partial charge in [-0.3, -0.25) is 9.78 Å². The molecule has 196 valence electrons. The van der Waals surface area contributed by atoms with Crippen molar-refractivity contribution in [2.24, 2.45) is 0 Å². The van der Waals surface area contributed by atoms with E-state index in [0.717, 1.165) is 47.9 Å². The minimum absolute atomic E-state index is 0.00628. The Morgan fingerprint density at radius 3 is 2.50 bits per heavy atom. The van der Waals surface area contributed by atoms with E-state index in [9.17, 15) is 23.4 Å². The quantitative estimate of drug-likeness (QED) is 0.362. The van der Waals surface area contributed by atoms with Gasteiger partial charge < -0.3 is 14.8 Å². The third-order valence-corrected chi connectivity index (χ3v) is 9.11. The van der Waals surface area contributed by atoms with Crippen LogP contribution in [0.3, 0.4) is 0 Å². The van der Waals surface area contributed by atoms with Crippen LogP contribution in [0.15, 0.2) is 71.8 Å². The molecule has 3 N–H and O–H groups in total. The predicted molar refractivity (Wildman–Crippen MR) is 143 cm³/mol. The SMILES string of the molecule is O=C(NS(=O)(=O)c1ccccc1)c1ccc2c(C3CCCCC3)c3n(c2c1)C[C@H](O)[C@H](O)c1ncccc1-3. The molecule has 6 rings (SSSR count). The molecule has 0 unspecified atom stereocenters. The van der Waals surface area contributed by atoms with Gasteiger partial charge in [-0.05, 0) is 60.7 Å². The van der Waals surface area contributed by atoms with E-state index in [1.54, 1.807) is 36.5 Å². The molecule has 4 aromatic rings. The molecule has 38 heavy (non-hydrogen) atoms. The summed E-state index contributed by atoms with van der Waals surface area (Å²) in [5, 5.41) is 22.8. The molecule has 0 bridgehead atoms. The summed E-state index contributed by atoms with van der Waals surface area (Å²) in [7, 11) is -4.04. The number of pyridine rings is 1. The summed E-state index contributed by atoms with van der Waals surface area (Å²) >= 11 is 0. The first-order valence-electron chi connectivity index (χ1n) is 12.9. The summed E-state index contributed by atoms with van der Waals surface area (Å²) < 4.78 is 29.7. The first kappa shape index (κ1) is 24.8. The Labute approximate surface area is 221 Å². The summed E-state index contributed by atoms with van der Waals surface area (Å²) in [5.41, 5.74) is 4.15. The van der Waals surface area contributed by atoms with E-state index < -0.39 is 28.1 Å². The standard InChI is InChI=1S/C29H29N3O5S/c33-24-17-32-23-16-19(29(35)31-38(36,37)20-10-5-2-6-11-20)13-14-21(23)25(18-8-3-1-4-9-18)27(32)22-12-7-15-30-26(22)28(24)34/h2,5-7,10-16,18,24,28,33-34H,1,3-4,8-9,17H2,(H,31,35)/t24-,28-/m0/s1. The molecule has 2 atom stereocenters. The highest BCUT2D eigenvalue weighted by Gasteiger charge is 2.34. The highest BCUT2D eigenvalue weighted by Crippen LogP contribution is 2.47. The number of carbonyl (C=O) groups excluding carboxylic acids is 1. The zero-order valence-electron chi connectivity index (χ0n) is 20.7. The van der Waals surface area contributed by atoms with Crippen molar-refractivity contribution in [2.75, 3.05) is 0 Å². The maximum absolute atomic E-state index is 13.1. The van der Waals surface area contributed by atoms with Crippen LogP contribution in [0.1, 0.15) is 65.7 Å². The minimum atomic E-state index is -4.04. The number of rotatable bonds is 4. The maximum Gasteiger partial charge on any atom is 0.265 e. The van der Waals surface area contributed by atoms with Crippen molar-refractivity contribution in [1.82, 2.24) is 14.3 Å². The highest BCUT2D eigenvalue weighted by molar-refractivity contribution is 7.90. The van der Waals surface area contributed by atoms with Crippen LogP contribution in [0.5, 0.6) is 0 Å². The van der Waals surface area contributed by atoms with Gasteiger partial charge in [-0.2, -0.15) is 0 Å². The van der Waals surface area contributed by atoms with E-state index >= 15 is 0 Å². The molecule has 1 saturated carbocycles. The van der Waals surface area contributed by atoms with Crippen LogP contribution in [0.4, 0.5) is 0 Å². The van der Waals surface area contributed by atoms with Gasteiger partial charge in [0.2, 0.25) is 0 Å². The smallest absolute Gasteiger partial charge is 0.265 e. The normalized spacial score (nSPS) is 19.9. The monoisotopic (exact) mass is 531 g/mol. The van der Waals surface area contributed by atoms with Crippen LogP contribution < -0.4 is 4.72 Å². The zero-order chi connectivity index (χ0) is 26.4. The van der Waals surface area contributed by atoms with E-state index in [0.29, 0.717) is 17.1 Å². The molecule has 0 radical (unpaired) electrons. The number of nitrogens with zero attached hydrogens (tertiary/aromatic N) is 2.